The number of nitrogens with zero attached hydrogens (tertiary/aromatic N) is 1. The third kappa shape index (κ3) is 3.23. The van der Waals surface area contributed by atoms with Crippen molar-refractivity contribution in [2.75, 3.05) is 7.11 Å². The Kier molecular flexibility index (Phi) is 4.87. The molecule has 0 spiro atoms. The van der Waals surface area contributed by atoms with E-state index in [1.807, 2.05) is 24.3 Å². The van der Waals surface area contributed by atoms with Gasteiger partial charge in [-0.1, -0.05) is 31.2 Å². The Labute approximate surface area is 122 Å². The Morgan fingerprint density at radius 3 is 2.60 bits per heavy atom. The fraction of sp³-hybridized carbons (Fsp3) is 0.333. The second-order valence-corrected chi connectivity index (χ2v) is 5.55. The maximum Gasteiger partial charge on any atom is 0.356 e. The van der Waals surface area contributed by atoms with Crippen molar-refractivity contribution in [2.24, 2.45) is 0 Å². The highest BCUT2D eigenvalue weighted by molar-refractivity contribution is 7.15. The molecule has 0 aliphatic carbocycles. The van der Waals surface area contributed by atoms with E-state index in [0.29, 0.717) is 6.61 Å². The van der Waals surface area contributed by atoms with E-state index in [0.717, 1.165) is 33.9 Å². The van der Waals surface area contributed by atoms with Gasteiger partial charge in [0.05, 0.1) is 16.5 Å². The number of ether oxygens (including phenoxy) is 1. The van der Waals surface area contributed by atoms with Crippen molar-refractivity contribution < 1.29 is 14.6 Å². The molecule has 0 bridgehead atoms. The van der Waals surface area contributed by atoms with Gasteiger partial charge in [0.25, 0.3) is 0 Å². The molecule has 106 valence electrons. The zero-order valence-corrected chi connectivity index (χ0v) is 12.4. The van der Waals surface area contributed by atoms with E-state index in [4.69, 9.17) is 4.74 Å². The lowest BCUT2D eigenvalue weighted by molar-refractivity contribution is 0.0692. The number of carboxylic acid groups (broad SMARTS) is 1. The number of rotatable bonds is 6. The molecule has 1 aromatic carbocycles. The molecule has 0 atom stereocenters. The molecule has 2 aromatic rings. The summed E-state index contributed by atoms with van der Waals surface area (Å²) in [6.45, 7) is 2.61. The van der Waals surface area contributed by atoms with Crippen LogP contribution in [-0.2, 0) is 17.8 Å². The average Bonchev–Trinajstić information content (AvgIpc) is 2.85. The van der Waals surface area contributed by atoms with Crippen molar-refractivity contribution in [2.45, 2.75) is 26.4 Å². The zero-order valence-electron chi connectivity index (χ0n) is 11.5. The summed E-state index contributed by atoms with van der Waals surface area (Å²) in [7, 11) is 1.65. The standard InChI is InChI=1S/C15H17NO3S/c1-3-4-12-16-13(15(17)18)14(20-12)11-7-5-10(6-8-11)9-19-2/h5-8H,3-4,9H2,1-2H3,(H,17,18). The number of methoxy groups -OCH3 is 1. The Morgan fingerprint density at radius 2 is 2.05 bits per heavy atom. The van der Waals surface area contributed by atoms with Crippen LogP contribution < -0.4 is 0 Å². The minimum absolute atomic E-state index is 0.151. The van der Waals surface area contributed by atoms with Crippen LogP contribution in [-0.4, -0.2) is 23.2 Å². The van der Waals surface area contributed by atoms with Crippen LogP contribution in [0.5, 0.6) is 0 Å². The molecule has 4 nitrogen and oxygen atoms in total. The van der Waals surface area contributed by atoms with Crippen molar-refractivity contribution in [3.63, 3.8) is 0 Å². The lowest BCUT2D eigenvalue weighted by Crippen LogP contribution is -1.99. The van der Waals surface area contributed by atoms with Gasteiger partial charge in [0, 0.05) is 7.11 Å². The Bertz CT molecular complexity index is 590. The second kappa shape index (κ2) is 6.63. The smallest absolute Gasteiger partial charge is 0.356 e. The number of aryl methyl sites for hydroxylation is 1. The normalized spacial score (nSPS) is 10.7. The van der Waals surface area contributed by atoms with E-state index < -0.39 is 5.97 Å². The SMILES string of the molecule is CCCc1nc(C(=O)O)c(-c2ccc(COC)cc2)s1. The summed E-state index contributed by atoms with van der Waals surface area (Å²) in [5.41, 5.74) is 2.10. The topological polar surface area (TPSA) is 59.4 Å². The van der Waals surface area contributed by atoms with Gasteiger partial charge in [-0.3, -0.25) is 0 Å². The molecule has 1 heterocycles. The van der Waals surface area contributed by atoms with E-state index in [2.05, 4.69) is 11.9 Å². The summed E-state index contributed by atoms with van der Waals surface area (Å²) in [6.07, 6.45) is 1.77. The van der Waals surface area contributed by atoms with Crippen molar-refractivity contribution in [1.82, 2.24) is 4.98 Å². The van der Waals surface area contributed by atoms with Crippen LogP contribution in [0, 0.1) is 0 Å². The number of benzene rings is 1. The summed E-state index contributed by atoms with van der Waals surface area (Å²) in [4.78, 5) is 16.3. The highest BCUT2D eigenvalue weighted by Crippen LogP contribution is 2.31. The van der Waals surface area contributed by atoms with Gasteiger partial charge >= 0.3 is 5.97 Å². The highest BCUT2D eigenvalue weighted by Gasteiger charge is 2.18. The van der Waals surface area contributed by atoms with Gasteiger partial charge in [0.15, 0.2) is 5.69 Å². The summed E-state index contributed by atoms with van der Waals surface area (Å²) in [5, 5.41) is 10.1. The molecule has 0 amide bonds. The quantitative estimate of drug-likeness (QED) is 0.883. The van der Waals surface area contributed by atoms with E-state index in [1.54, 1.807) is 7.11 Å². The molecule has 0 unspecified atom stereocenters. The summed E-state index contributed by atoms with van der Waals surface area (Å²) in [6, 6.07) is 7.74. The lowest BCUT2D eigenvalue weighted by Gasteiger charge is -2.02. The Hall–Kier alpha value is -1.72. The molecule has 0 saturated carbocycles. The minimum Gasteiger partial charge on any atom is -0.476 e. The molecule has 1 N–H and O–H groups in total. The molecule has 0 aliphatic rings. The first kappa shape index (κ1) is 14.7. The predicted octanol–water partition coefficient (Wildman–Crippen LogP) is 3.61. The van der Waals surface area contributed by atoms with E-state index in [-0.39, 0.29) is 5.69 Å². The van der Waals surface area contributed by atoms with Crippen LogP contribution in [0.4, 0.5) is 0 Å². The van der Waals surface area contributed by atoms with Crippen LogP contribution in [0.3, 0.4) is 0 Å². The van der Waals surface area contributed by atoms with Crippen LogP contribution >= 0.6 is 11.3 Å². The van der Waals surface area contributed by atoms with Gasteiger partial charge < -0.3 is 9.84 Å². The van der Waals surface area contributed by atoms with Gasteiger partial charge in [-0.15, -0.1) is 11.3 Å². The number of carbonyl (C=O) groups is 1. The Morgan fingerprint density at radius 1 is 1.35 bits per heavy atom. The maximum atomic E-state index is 11.3. The fourth-order valence-corrected chi connectivity index (χ4v) is 3.11. The number of hydrogen-bond acceptors (Lipinski definition) is 4. The van der Waals surface area contributed by atoms with Crippen LogP contribution in [0.2, 0.25) is 0 Å². The number of hydrogen-bond donors (Lipinski definition) is 1. The van der Waals surface area contributed by atoms with Gasteiger partial charge in [-0.25, -0.2) is 9.78 Å². The van der Waals surface area contributed by atoms with Crippen LogP contribution in [0.1, 0.15) is 34.4 Å². The molecule has 5 heteroatoms. The predicted molar refractivity (Wildman–Crippen MR) is 79.2 cm³/mol. The first-order chi connectivity index (χ1) is 9.65. The van der Waals surface area contributed by atoms with Gasteiger partial charge in [0.2, 0.25) is 0 Å². The summed E-state index contributed by atoms with van der Waals surface area (Å²) < 4.78 is 5.07. The first-order valence-corrected chi connectivity index (χ1v) is 7.28. The molecule has 20 heavy (non-hydrogen) atoms. The molecular formula is C15H17NO3S. The third-order valence-electron chi connectivity index (χ3n) is 2.87. The zero-order chi connectivity index (χ0) is 14.5. The van der Waals surface area contributed by atoms with E-state index in [1.165, 1.54) is 11.3 Å². The molecule has 2 rings (SSSR count). The largest absolute Gasteiger partial charge is 0.476 e. The number of aromatic nitrogens is 1. The van der Waals surface area contributed by atoms with E-state index >= 15 is 0 Å². The molecule has 1 aromatic heterocycles. The number of carboxylic acids is 1. The highest BCUT2D eigenvalue weighted by atomic mass is 32.1. The summed E-state index contributed by atoms with van der Waals surface area (Å²) in [5.74, 6) is -0.973. The molecular weight excluding hydrogens is 274 g/mol. The minimum atomic E-state index is -0.973. The van der Waals surface area contributed by atoms with Gasteiger partial charge in [-0.05, 0) is 24.0 Å². The van der Waals surface area contributed by atoms with Gasteiger partial charge in [-0.2, -0.15) is 0 Å². The van der Waals surface area contributed by atoms with Crippen LogP contribution in [0.25, 0.3) is 10.4 Å². The molecule has 0 radical (unpaired) electrons. The van der Waals surface area contributed by atoms with E-state index in [9.17, 15) is 9.90 Å². The third-order valence-corrected chi connectivity index (χ3v) is 4.03. The fourth-order valence-electron chi connectivity index (χ4n) is 1.94. The first-order valence-electron chi connectivity index (χ1n) is 6.47. The van der Waals surface area contributed by atoms with Crippen molar-refractivity contribution in [3.05, 3.63) is 40.5 Å². The van der Waals surface area contributed by atoms with Crippen molar-refractivity contribution >= 4 is 17.3 Å². The average molecular weight is 291 g/mol. The van der Waals surface area contributed by atoms with Crippen LogP contribution in [0.15, 0.2) is 24.3 Å². The molecule has 0 saturated heterocycles. The second-order valence-electron chi connectivity index (χ2n) is 4.47. The Balaban J connectivity index is 2.37. The number of thiazole rings is 1. The maximum absolute atomic E-state index is 11.3. The molecule has 0 aliphatic heterocycles. The van der Waals surface area contributed by atoms with Crippen molar-refractivity contribution in [3.8, 4) is 10.4 Å². The lowest BCUT2D eigenvalue weighted by atomic mass is 10.1. The monoisotopic (exact) mass is 291 g/mol. The summed E-state index contributed by atoms with van der Waals surface area (Å²) >= 11 is 1.46. The molecule has 0 fully saturated rings. The van der Waals surface area contributed by atoms with Gasteiger partial charge in [0.1, 0.15) is 0 Å². The van der Waals surface area contributed by atoms with Crippen molar-refractivity contribution in [1.29, 1.82) is 0 Å². The number of aromatic carboxylic acids is 1.